The predicted octanol–water partition coefficient (Wildman–Crippen LogP) is 4.73. The molecule has 0 aliphatic heterocycles. The van der Waals surface area contributed by atoms with Gasteiger partial charge in [-0.2, -0.15) is 0 Å². The first-order valence-corrected chi connectivity index (χ1v) is 10.7. The Morgan fingerprint density at radius 2 is 1.87 bits per heavy atom. The second kappa shape index (κ2) is 9.23. The predicted molar refractivity (Wildman–Crippen MR) is 124 cm³/mol. The van der Waals surface area contributed by atoms with Crippen LogP contribution in [-0.2, 0) is 30.7 Å². The molecule has 31 heavy (non-hydrogen) atoms. The highest BCUT2D eigenvalue weighted by molar-refractivity contribution is 5.92. The number of carbonyl (C=O) groups excluding carboxylic acids is 1. The topological polar surface area (TPSA) is 75.1 Å². The maximum atomic E-state index is 12.6. The molecule has 0 radical (unpaired) electrons. The van der Waals surface area contributed by atoms with E-state index in [1.807, 2.05) is 68.5 Å². The highest BCUT2D eigenvalue weighted by Crippen LogP contribution is 2.34. The van der Waals surface area contributed by atoms with E-state index in [1.165, 1.54) is 5.56 Å². The van der Waals surface area contributed by atoms with Crippen molar-refractivity contribution in [3.05, 3.63) is 82.2 Å². The SMILES string of the molecule is CC(C)=Cc1nc2c(nc1NC(=O)CCc1ccccc1)CCc1cc(CO)ccc1-2. The van der Waals surface area contributed by atoms with Gasteiger partial charge in [0.05, 0.1) is 18.0 Å². The number of hydrogen-bond acceptors (Lipinski definition) is 4. The highest BCUT2D eigenvalue weighted by Gasteiger charge is 2.22. The van der Waals surface area contributed by atoms with Gasteiger partial charge >= 0.3 is 0 Å². The maximum absolute atomic E-state index is 12.6. The molecule has 0 bridgehead atoms. The molecule has 1 amide bonds. The molecular formula is C26H27N3O2. The molecule has 1 heterocycles. The second-order valence-corrected chi connectivity index (χ2v) is 8.16. The third-order valence-electron chi connectivity index (χ3n) is 5.40. The first kappa shape index (κ1) is 20.9. The zero-order chi connectivity index (χ0) is 21.8. The lowest BCUT2D eigenvalue weighted by molar-refractivity contribution is -0.116. The molecule has 2 N–H and O–H groups in total. The Kier molecular flexibility index (Phi) is 6.23. The van der Waals surface area contributed by atoms with Gasteiger partial charge in [-0.25, -0.2) is 9.97 Å². The number of aryl methyl sites for hydroxylation is 3. The minimum atomic E-state index is -0.0645. The van der Waals surface area contributed by atoms with Crippen LogP contribution in [0, 0.1) is 0 Å². The standard InChI is InChI=1S/C26H27N3O2/c1-17(2)14-23-26(29-24(31)13-9-18-6-4-3-5-7-18)28-22-12-10-20-15-19(16-30)8-11-21(20)25(22)27-23/h3-8,11,14-15,30H,9-10,12-13,16H2,1-2H3,(H,28,29,31). The van der Waals surface area contributed by atoms with E-state index >= 15 is 0 Å². The number of allylic oxidation sites excluding steroid dienone is 1. The number of nitrogens with one attached hydrogen (secondary N) is 1. The van der Waals surface area contributed by atoms with Gasteiger partial charge < -0.3 is 10.4 Å². The summed E-state index contributed by atoms with van der Waals surface area (Å²) in [6.07, 6.45) is 4.63. The Hall–Kier alpha value is -3.31. The average Bonchev–Trinajstić information content (AvgIpc) is 2.78. The number of aliphatic hydroxyl groups is 1. The molecule has 5 nitrogen and oxygen atoms in total. The van der Waals surface area contributed by atoms with Crippen molar-refractivity contribution in [3.63, 3.8) is 0 Å². The maximum Gasteiger partial charge on any atom is 0.225 e. The number of aromatic nitrogens is 2. The Balaban J connectivity index is 1.62. The van der Waals surface area contributed by atoms with Crippen LogP contribution >= 0.6 is 0 Å². The van der Waals surface area contributed by atoms with Crippen LogP contribution in [0.2, 0.25) is 0 Å². The van der Waals surface area contributed by atoms with E-state index in [2.05, 4.69) is 5.32 Å². The fraction of sp³-hybridized carbons (Fsp3) is 0.269. The van der Waals surface area contributed by atoms with E-state index < -0.39 is 0 Å². The lowest BCUT2D eigenvalue weighted by atomic mass is 9.90. The molecule has 1 aliphatic rings. The Morgan fingerprint density at radius 1 is 1.06 bits per heavy atom. The van der Waals surface area contributed by atoms with Gasteiger partial charge in [0.25, 0.3) is 0 Å². The van der Waals surface area contributed by atoms with Crippen molar-refractivity contribution in [2.45, 2.75) is 46.1 Å². The summed E-state index contributed by atoms with van der Waals surface area (Å²) in [5, 5.41) is 12.4. The summed E-state index contributed by atoms with van der Waals surface area (Å²) in [7, 11) is 0. The van der Waals surface area contributed by atoms with E-state index in [0.717, 1.165) is 46.5 Å². The van der Waals surface area contributed by atoms with Gasteiger partial charge in [-0.1, -0.05) is 54.1 Å². The molecule has 1 aromatic heterocycles. The summed E-state index contributed by atoms with van der Waals surface area (Å²) in [5.74, 6) is 0.457. The summed E-state index contributed by atoms with van der Waals surface area (Å²) in [6, 6.07) is 16.0. The number of hydrogen-bond donors (Lipinski definition) is 2. The summed E-state index contributed by atoms with van der Waals surface area (Å²) in [4.78, 5) is 22.4. The first-order chi connectivity index (χ1) is 15.0. The molecule has 158 valence electrons. The van der Waals surface area contributed by atoms with E-state index in [0.29, 0.717) is 24.4 Å². The quantitative estimate of drug-likeness (QED) is 0.613. The van der Waals surface area contributed by atoms with Gasteiger partial charge in [-0.3, -0.25) is 4.79 Å². The van der Waals surface area contributed by atoms with Crippen molar-refractivity contribution < 1.29 is 9.90 Å². The third kappa shape index (κ3) is 4.89. The van der Waals surface area contributed by atoms with Crippen molar-refractivity contribution >= 4 is 17.8 Å². The minimum Gasteiger partial charge on any atom is -0.392 e. The summed E-state index contributed by atoms with van der Waals surface area (Å²) in [6.45, 7) is 4.04. The molecule has 0 saturated carbocycles. The van der Waals surface area contributed by atoms with Crippen LogP contribution in [0.3, 0.4) is 0 Å². The minimum absolute atomic E-state index is 0.0305. The molecule has 0 spiro atoms. The van der Waals surface area contributed by atoms with Crippen molar-refractivity contribution in [3.8, 4) is 11.3 Å². The number of anilines is 1. The van der Waals surface area contributed by atoms with Crippen molar-refractivity contribution in [2.24, 2.45) is 0 Å². The van der Waals surface area contributed by atoms with Crippen LogP contribution in [0.15, 0.2) is 54.1 Å². The number of benzene rings is 2. The number of carbonyl (C=O) groups is 1. The van der Waals surface area contributed by atoms with Gasteiger partial charge in [0.1, 0.15) is 5.69 Å². The van der Waals surface area contributed by atoms with Crippen molar-refractivity contribution in [2.75, 3.05) is 5.32 Å². The normalized spacial score (nSPS) is 12.0. The molecule has 0 atom stereocenters. The van der Waals surface area contributed by atoms with Gasteiger partial charge in [0.15, 0.2) is 5.82 Å². The van der Waals surface area contributed by atoms with E-state index in [1.54, 1.807) is 0 Å². The molecule has 0 saturated heterocycles. The number of amides is 1. The molecular weight excluding hydrogens is 386 g/mol. The Labute approximate surface area is 182 Å². The molecule has 4 rings (SSSR count). The smallest absolute Gasteiger partial charge is 0.225 e. The van der Waals surface area contributed by atoms with Crippen LogP contribution in [-0.4, -0.2) is 21.0 Å². The van der Waals surface area contributed by atoms with E-state index in [9.17, 15) is 9.90 Å². The monoisotopic (exact) mass is 413 g/mol. The fourth-order valence-electron chi connectivity index (χ4n) is 3.87. The number of fused-ring (bicyclic) bond motifs is 3. The molecule has 1 aliphatic carbocycles. The number of aliphatic hydroxyl groups excluding tert-OH is 1. The lowest BCUT2D eigenvalue weighted by Gasteiger charge is -2.21. The zero-order valence-electron chi connectivity index (χ0n) is 18.0. The molecule has 5 heteroatoms. The Morgan fingerprint density at radius 3 is 2.61 bits per heavy atom. The number of nitrogens with zero attached hydrogens (tertiary/aromatic N) is 2. The third-order valence-corrected chi connectivity index (χ3v) is 5.40. The Bertz CT molecular complexity index is 1130. The molecule has 0 fully saturated rings. The van der Waals surface area contributed by atoms with Crippen molar-refractivity contribution in [1.82, 2.24) is 9.97 Å². The fourth-order valence-corrected chi connectivity index (χ4v) is 3.87. The highest BCUT2D eigenvalue weighted by atomic mass is 16.3. The van der Waals surface area contributed by atoms with Crippen LogP contribution in [0.5, 0.6) is 0 Å². The lowest BCUT2D eigenvalue weighted by Crippen LogP contribution is -2.18. The van der Waals surface area contributed by atoms with Crippen molar-refractivity contribution in [1.29, 1.82) is 0 Å². The number of rotatable bonds is 6. The zero-order valence-corrected chi connectivity index (χ0v) is 18.0. The second-order valence-electron chi connectivity index (χ2n) is 8.16. The van der Waals surface area contributed by atoms with Gasteiger partial charge in [-0.05, 0) is 55.9 Å². The largest absolute Gasteiger partial charge is 0.392 e. The van der Waals surface area contributed by atoms with Gasteiger partial charge in [-0.15, -0.1) is 0 Å². The van der Waals surface area contributed by atoms with Gasteiger partial charge in [0.2, 0.25) is 5.91 Å². The summed E-state index contributed by atoms with van der Waals surface area (Å²) < 4.78 is 0. The van der Waals surface area contributed by atoms with E-state index in [4.69, 9.17) is 9.97 Å². The van der Waals surface area contributed by atoms with Crippen LogP contribution in [0.25, 0.3) is 17.3 Å². The average molecular weight is 414 g/mol. The van der Waals surface area contributed by atoms with Crippen LogP contribution in [0.4, 0.5) is 5.82 Å². The molecule has 2 aromatic carbocycles. The van der Waals surface area contributed by atoms with Gasteiger partial charge in [0, 0.05) is 12.0 Å². The first-order valence-electron chi connectivity index (χ1n) is 10.7. The summed E-state index contributed by atoms with van der Waals surface area (Å²) in [5.41, 5.74) is 7.78. The molecule has 0 unspecified atom stereocenters. The van der Waals surface area contributed by atoms with Crippen LogP contribution in [0.1, 0.15) is 48.3 Å². The van der Waals surface area contributed by atoms with E-state index in [-0.39, 0.29) is 12.5 Å². The van der Waals surface area contributed by atoms with Crippen LogP contribution < -0.4 is 5.32 Å². The molecule has 3 aromatic rings. The summed E-state index contributed by atoms with van der Waals surface area (Å²) >= 11 is 0.